The van der Waals surface area contributed by atoms with Gasteiger partial charge >= 0.3 is 0 Å². The van der Waals surface area contributed by atoms with Crippen molar-refractivity contribution in [2.75, 3.05) is 12.4 Å². The number of benzene rings is 1. The van der Waals surface area contributed by atoms with Gasteiger partial charge in [0.05, 0.1) is 16.0 Å². The zero-order valence-corrected chi connectivity index (χ0v) is 26.9. The van der Waals surface area contributed by atoms with E-state index in [4.69, 9.17) is 8.85 Å². The number of hydrogen-bond donors (Lipinski definition) is 0. The van der Waals surface area contributed by atoms with Crippen molar-refractivity contribution in [1.29, 1.82) is 0 Å². The van der Waals surface area contributed by atoms with Crippen LogP contribution in [0, 0.1) is 5.92 Å². The molecule has 0 saturated heterocycles. The van der Waals surface area contributed by atoms with Crippen LogP contribution >= 0.6 is 11.3 Å². The molecule has 0 saturated carbocycles. The SMILES string of the molecule is CC[Si](CC)(CC)O[C@H](CCCS(=O)(=O)c1nc2ccccc2s1)[C@H](C)CO[Si](C)(C)C(C)(C)C. The van der Waals surface area contributed by atoms with E-state index in [9.17, 15) is 8.42 Å². The molecule has 0 aliphatic carbocycles. The molecule has 1 aromatic heterocycles. The van der Waals surface area contributed by atoms with Crippen LogP contribution in [0.25, 0.3) is 10.2 Å². The van der Waals surface area contributed by atoms with E-state index in [1.54, 1.807) is 0 Å². The number of thiazole rings is 1. The van der Waals surface area contributed by atoms with Gasteiger partial charge in [0.15, 0.2) is 16.6 Å². The first-order chi connectivity index (χ1) is 16.2. The molecule has 2 atom stereocenters. The van der Waals surface area contributed by atoms with Crippen molar-refractivity contribution in [3.8, 4) is 0 Å². The summed E-state index contributed by atoms with van der Waals surface area (Å²) >= 11 is 1.26. The molecule has 0 aliphatic heterocycles. The molecule has 35 heavy (non-hydrogen) atoms. The maximum atomic E-state index is 13.1. The average Bonchev–Trinajstić information content (AvgIpc) is 3.25. The van der Waals surface area contributed by atoms with Crippen LogP contribution < -0.4 is 0 Å². The monoisotopic (exact) mass is 557 g/mol. The third-order valence-electron chi connectivity index (χ3n) is 7.92. The van der Waals surface area contributed by atoms with Crippen LogP contribution in [0.3, 0.4) is 0 Å². The second kappa shape index (κ2) is 12.3. The minimum Gasteiger partial charge on any atom is -0.416 e. The lowest BCUT2D eigenvalue weighted by Crippen LogP contribution is -2.45. The zero-order chi connectivity index (χ0) is 26.5. The first-order valence-corrected chi connectivity index (χ1v) is 21.0. The standard InChI is InChI=1S/C26H47NO4S2Si2/c1-10-35(11-2,12-3)31-23(21(4)20-30-34(8,9)26(5,6)7)17-15-19-33(28,29)25-27-22-16-13-14-18-24(22)32-25/h13-14,16,18,21,23H,10-12,15,17,19-20H2,1-9H3/t21-,23-/m1/s1. The van der Waals surface area contributed by atoms with Crippen molar-refractivity contribution < 1.29 is 17.3 Å². The Bertz CT molecular complexity index is 1000. The van der Waals surface area contributed by atoms with Gasteiger partial charge in [0.25, 0.3) is 0 Å². The van der Waals surface area contributed by atoms with Crippen LogP contribution in [0.4, 0.5) is 0 Å². The van der Waals surface area contributed by atoms with Crippen LogP contribution in [0.1, 0.15) is 61.3 Å². The summed E-state index contributed by atoms with van der Waals surface area (Å²) in [5.41, 5.74) is 0.748. The molecule has 0 spiro atoms. The first kappa shape index (κ1) is 30.6. The average molecular weight is 558 g/mol. The molecular weight excluding hydrogens is 511 g/mol. The van der Waals surface area contributed by atoms with Gasteiger partial charge in [0.1, 0.15) is 0 Å². The van der Waals surface area contributed by atoms with Crippen LogP contribution in [0.2, 0.25) is 36.3 Å². The summed E-state index contributed by atoms with van der Waals surface area (Å²) in [6.07, 6.45) is 1.30. The van der Waals surface area contributed by atoms with Crippen molar-refractivity contribution >= 4 is 48.0 Å². The highest BCUT2D eigenvalue weighted by atomic mass is 32.2. The summed E-state index contributed by atoms with van der Waals surface area (Å²) in [5, 5.41) is 0.156. The predicted molar refractivity (Wildman–Crippen MR) is 155 cm³/mol. The maximum Gasteiger partial charge on any atom is 0.210 e. The largest absolute Gasteiger partial charge is 0.416 e. The number of fused-ring (bicyclic) bond motifs is 1. The second-order valence-corrected chi connectivity index (χ2v) is 24.2. The van der Waals surface area contributed by atoms with Gasteiger partial charge in [-0.15, -0.1) is 11.3 Å². The molecule has 0 bridgehead atoms. The van der Waals surface area contributed by atoms with Crippen molar-refractivity contribution in [3.05, 3.63) is 24.3 Å². The quantitative estimate of drug-likeness (QED) is 0.221. The number of hydrogen-bond acceptors (Lipinski definition) is 6. The van der Waals surface area contributed by atoms with Gasteiger partial charge in [-0.3, -0.25) is 0 Å². The molecule has 1 aromatic carbocycles. The Morgan fingerprint density at radius 1 is 1.06 bits per heavy atom. The van der Waals surface area contributed by atoms with Gasteiger partial charge in [-0.1, -0.05) is 60.6 Å². The van der Waals surface area contributed by atoms with Crippen LogP contribution in [0.5, 0.6) is 0 Å². The number of sulfone groups is 1. The molecule has 0 fully saturated rings. The number of rotatable bonds is 14. The lowest BCUT2D eigenvalue weighted by Gasteiger charge is -2.40. The van der Waals surface area contributed by atoms with E-state index in [0.29, 0.717) is 13.0 Å². The highest BCUT2D eigenvalue weighted by molar-refractivity contribution is 7.93. The van der Waals surface area contributed by atoms with Crippen LogP contribution in [-0.4, -0.2) is 48.5 Å². The molecule has 0 N–H and O–H groups in total. The Kier molecular flexibility index (Phi) is 10.8. The normalized spacial score (nSPS) is 15.5. The lowest BCUT2D eigenvalue weighted by atomic mass is 10.0. The van der Waals surface area contributed by atoms with Gasteiger partial charge in [0.2, 0.25) is 14.2 Å². The maximum absolute atomic E-state index is 13.1. The summed E-state index contributed by atoms with van der Waals surface area (Å²) in [4.78, 5) is 4.39. The summed E-state index contributed by atoms with van der Waals surface area (Å²) in [7, 11) is -7.13. The Morgan fingerprint density at radius 2 is 1.66 bits per heavy atom. The fourth-order valence-corrected chi connectivity index (χ4v) is 10.8. The molecule has 0 aliphatic rings. The highest BCUT2D eigenvalue weighted by Crippen LogP contribution is 2.37. The first-order valence-electron chi connectivity index (χ1n) is 13.1. The molecule has 2 rings (SSSR count). The Morgan fingerprint density at radius 3 is 2.20 bits per heavy atom. The van der Waals surface area contributed by atoms with Crippen molar-refractivity contribution in [2.24, 2.45) is 5.92 Å². The van der Waals surface area contributed by atoms with Crippen LogP contribution in [0.15, 0.2) is 28.6 Å². The van der Waals surface area contributed by atoms with Crippen molar-refractivity contribution in [3.63, 3.8) is 0 Å². The predicted octanol–water partition coefficient (Wildman–Crippen LogP) is 7.90. The van der Waals surface area contributed by atoms with E-state index in [2.05, 4.69) is 66.5 Å². The fraction of sp³-hybridized carbons (Fsp3) is 0.731. The summed E-state index contributed by atoms with van der Waals surface area (Å²) in [6.45, 7) is 20.9. The second-order valence-electron chi connectivity index (χ2n) is 11.4. The van der Waals surface area contributed by atoms with E-state index in [-0.39, 0.29) is 27.2 Å². The molecule has 9 heteroatoms. The van der Waals surface area contributed by atoms with E-state index >= 15 is 0 Å². The summed E-state index contributed by atoms with van der Waals surface area (Å²) in [6, 6.07) is 10.8. The van der Waals surface area contributed by atoms with Gasteiger partial charge in [-0.05, 0) is 61.2 Å². The number of aromatic nitrogens is 1. The number of para-hydroxylation sites is 1. The molecule has 200 valence electrons. The third-order valence-corrected chi connectivity index (χ3v) is 20.4. The topological polar surface area (TPSA) is 65.5 Å². The molecule has 0 amide bonds. The Labute approximate surface area is 220 Å². The van der Waals surface area contributed by atoms with Gasteiger partial charge < -0.3 is 8.85 Å². The molecule has 1 heterocycles. The van der Waals surface area contributed by atoms with Crippen molar-refractivity contribution in [1.82, 2.24) is 4.98 Å². The minimum atomic E-state index is -3.42. The third kappa shape index (κ3) is 7.95. The zero-order valence-electron chi connectivity index (χ0n) is 23.3. The molecular formula is C26H47NO4S2Si2. The van der Waals surface area contributed by atoms with E-state index in [1.807, 2.05) is 24.3 Å². The minimum absolute atomic E-state index is 0.0110. The van der Waals surface area contributed by atoms with Gasteiger partial charge in [-0.25, -0.2) is 13.4 Å². The van der Waals surface area contributed by atoms with E-state index in [0.717, 1.165) is 34.8 Å². The molecule has 2 aromatic rings. The van der Waals surface area contributed by atoms with Gasteiger partial charge in [0, 0.05) is 18.6 Å². The lowest BCUT2D eigenvalue weighted by molar-refractivity contribution is 0.0835. The van der Waals surface area contributed by atoms with Crippen molar-refractivity contribution in [2.45, 2.75) is 108 Å². The van der Waals surface area contributed by atoms with Gasteiger partial charge in [-0.2, -0.15) is 0 Å². The number of nitrogens with zero attached hydrogens (tertiary/aromatic N) is 1. The molecule has 0 radical (unpaired) electrons. The molecule has 5 nitrogen and oxygen atoms in total. The van der Waals surface area contributed by atoms with E-state index < -0.39 is 26.5 Å². The van der Waals surface area contributed by atoms with Crippen LogP contribution in [-0.2, 0) is 18.7 Å². The Hall–Kier alpha value is -0.586. The fourth-order valence-electron chi connectivity index (χ4n) is 3.99. The van der Waals surface area contributed by atoms with E-state index in [1.165, 1.54) is 11.3 Å². The highest BCUT2D eigenvalue weighted by Gasteiger charge is 2.39. The smallest absolute Gasteiger partial charge is 0.210 e. The molecule has 0 unspecified atom stereocenters. The summed E-state index contributed by atoms with van der Waals surface area (Å²) < 4.78 is 40.8. The Balaban J connectivity index is 2.13. The summed E-state index contributed by atoms with van der Waals surface area (Å²) in [5.74, 6) is 0.312.